The third-order valence-electron chi connectivity index (χ3n) is 3.55. The average molecular weight is 323 g/mol. The molecule has 5 heteroatoms. The van der Waals surface area contributed by atoms with Gasteiger partial charge >= 0.3 is 0 Å². The van der Waals surface area contributed by atoms with Gasteiger partial charge in [-0.3, -0.25) is 4.99 Å². The average Bonchev–Trinajstić information content (AvgIpc) is 2.99. The maximum atomic E-state index is 6.03. The topological polar surface area (TPSA) is 68.6 Å². The van der Waals surface area contributed by atoms with Crippen LogP contribution in [0.15, 0.2) is 47.7 Å². The number of hydrogen-bond acceptors (Lipinski definition) is 3. The van der Waals surface area contributed by atoms with E-state index < -0.39 is 0 Å². The molecule has 3 aromatic rings. The van der Waals surface area contributed by atoms with Crippen LogP contribution in [0.25, 0.3) is 5.65 Å². The van der Waals surface area contributed by atoms with Crippen molar-refractivity contribution >= 4 is 11.5 Å². The molecule has 2 aromatic heterocycles. The van der Waals surface area contributed by atoms with Crippen LogP contribution in [0.3, 0.4) is 0 Å². The highest BCUT2D eigenvalue weighted by atomic mass is 15.0. The van der Waals surface area contributed by atoms with Crippen molar-refractivity contribution in [2.45, 2.75) is 34.1 Å². The predicted octanol–water partition coefficient (Wildman–Crippen LogP) is 3.38. The molecular formula is C19H25N5. The molecular weight excluding hydrogens is 298 g/mol. The number of aliphatic imine (C=N–C) groups is 1. The van der Waals surface area contributed by atoms with E-state index in [0.29, 0.717) is 24.5 Å². The van der Waals surface area contributed by atoms with Crippen molar-refractivity contribution in [1.29, 1.82) is 0 Å². The lowest BCUT2D eigenvalue weighted by Gasteiger charge is -2.08. The summed E-state index contributed by atoms with van der Waals surface area (Å²) in [5.41, 5.74) is 10.8. The molecule has 0 radical (unpaired) electrons. The number of rotatable bonds is 4. The zero-order valence-electron chi connectivity index (χ0n) is 14.8. The van der Waals surface area contributed by atoms with Gasteiger partial charge in [0.25, 0.3) is 0 Å². The third-order valence-corrected chi connectivity index (χ3v) is 3.55. The molecule has 0 bridgehead atoms. The number of nitrogens with zero attached hydrogens (tertiary/aromatic N) is 4. The summed E-state index contributed by atoms with van der Waals surface area (Å²) in [6.07, 6.45) is 4.47. The van der Waals surface area contributed by atoms with E-state index in [1.807, 2.05) is 62.7 Å². The van der Waals surface area contributed by atoms with Crippen LogP contribution < -0.4 is 5.73 Å². The van der Waals surface area contributed by atoms with Crippen LogP contribution in [0.4, 0.5) is 0 Å². The molecule has 2 N–H and O–H groups in total. The molecule has 0 aliphatic rings. The molecule has 1 aromatic carbocycles. The first kappa shape index (κ1) is 17.7. The normalized spacial score (nSPS) is 11.2. The molecule has 0 fully saturated rings. The van der Waals surface area contributed by atoms with Crippen LogP contribution in [0, 0.1) is 6.92 Å². The van der Waals surface area contributed by atoms with E-state index in [-0.39, 0.29) is 0 Å². The molecule has 3 rings (SSSR count). The van der Waals surface area contributed by atoms with Crippen LogP contribution in [0.2, 0.25) is 0 Å². The number of aryl methyl sites for hydroxylation is 1. The second kappa shape index (κ2) is 8.24. The molecule has 2 heterocycles. The SMILES string of the molecule is CC.CCN=C(N)c1cn2c(C)cnc2c(Cc2ccccc2)n1. The largest absolute Gasteiger partial charge is 0.382 e. The fraction of sp³-hybridized carbons (Fsp3) is 0.316. The minimum absolute atomic E-state index is 0.465. The minimum atomic E-state index is 0.465. The first-order valence-electron chi connectivity index (χ1n) is 8.37. The van der Waals surface area contributed by atoms with Gasteiger partial charge in [-0.05, 0) is 19.4 Å². The molecule has 126 valence electrons. The van der Waals surface area contributed by atoms with Crippen LogP contribution in [0.5, 0.6) is 0 Å². The Kier molecular flexibility index (Phi) is 6.07. The number of imidazole rings is 1. The highest BCUT2D eigenvalue weighted by Gasteiger charge is 2.12. The summed E-state index contributed by atoms with van der Waals surface area (Å²) in [5, 5.41) is 0. The van der Waals surface area contributed by atoms with E-state index in [2.05, 4.69) is 27.1 Å². The predicted molar refractivity (Wildman–Crippen MR) is 99.6 cm³/mol. The Bertz CT molecular complexity index is 818. The van der Waals surface area contributed by atoms with Crippen molar-refractivity contribution in [3.05, 3.63) is 65.4 Å². The summed E-state index contributed by atoms with van der Waals surface area (Å²) < 4.78 is 2.03. The lowest BCUT2D eigenvalue weighted by atomic mass is 10.1. The fourth-order valence-electron chi connectivity index (χ4n) is 2.45. The summed E-state index contributed by atoms with van der Waals surface area (Å²) >= 11 is 0. The van der Waals surface area contributed by atoms with Crippen molar-refractivity contribution in [2.24, 2.45) is 10.7 Å². The van der Waals surface area contributed by atoms with Gasteiger partial charge in [0.05, 0.1) is 5.69 Å². The number of fused-ring (bicyclic) bond motifs is 1. The van der Waals surface area contributed by atoms with E-state index in [4.69, 9.17) is 5.73 Å². The second-order valence-electron chi connectivity index (χ2n) is 5.19. The van der Waals surface area contributed by atoms with Gasteiger partial charge in [0.15, 0.2) is 5.65 Å². The Morgan fingerprint density at radius 2 is 1.92 bits per heavy atom. The summed E-state index contributed by atoms with van der Waals surface area (Å²) in [4.78, 5) is 13.4. The number of nitrogens with two attached hydrogens (primary N) is 1. The van der Waals surface area contributed by atoms with Gasteiger partial charge in [0, 0.05) is 31.1 Å². The standard InChI is InChI=1S/C17H19N5.C2H6/c1-3-19-16(18)15-11-22-12(2)10-20-17(22)14(21-15)9-13-7-5-4-6-8-13;1-2/h4-8,10-11H,3,9H2,1-2H3,(H2,18,19);1-2H3. The van der Waals surface area contributed by atoms with E-state index in [1.165, 1.54) is 5.56 Å². The van der Waals surface area contributed by atoms with Crippen LogP contribution in [-0.2, 0) is 6.42 Å². The van der Waals surface area contributed by atoms with Crippen molar-refractivity contribution < 1.29 is 0 Å². The Labute approximate surface area is 143 Å². The fourth-order valence-corrected chi connectivity index (χ4v) is 2.45. The van der Waals surface area contributed by atoms with E-state index in [0.717, 1.165) is 17.0 Å². The lowest BCUT2D eigenvalue weighted by molar-refractivity contribution is 0.984. The number of amidine groups is 1. The van der Waals surface area contributed by atoms with E-state index >= 15 is 0 Å². The molecule has 0 unspecified atom stereocenters. The Hall–Kier alpha value is -2.69. The second-order valence-corrected chi connectivity index (χ2v) is 5.19. The Balaban J connectivity index is 0.00000100. The van der Waals surface area contributed by atoms with Crippen molar-refractivity contribution in [1.82, 2.24) is 14.4 Å². The van der Waals surface area contributed by atoms with Crippen LogP contribution in [-0.4, -0.2) is 26.7 Å². The molecule has 0 aliphatic heterocycles. The molecule has 0 aliphatic carbocycles. The van der Waals surface area contributed by atoms with Gasteiger partial charge in [-0.2, -0.15) is 0 Å². The van der Waals surface area contributed by atoms with Gasteiger partial charge in [0.1, 0.15) is 11.5 Å². The zero-order chi connectivity index (χ0) is 17.5. The highest BCUT2D eigenvalue weighted by molar-refractivity contribution is 5.95. The molecule has 24 heavy (non-hydrogen) atoms. The van der Waals surface area contributed by atoms with Gasteiger partial charge in [-0.25, -0.2) is 9.97 Å². The molecule has 0 saturated carbocycles. The maximum absolute atomic E-state index is 6.03. The molecule has 0 saturated heterocycles. The quantitative estimate of drug-likeness (QED) is 0.591. The van der Waals surface area contributed by atoms with Crippen molar-refractivity contribution in [3.8, 4) is 0 Å². The van der Waals surface area contributed by atoms with Gasteiger partial charge in [0.2, 0.25) is 0 Å². The smallest absolute Gasteiger partial charge is 0.159 e. The Morgan fingerprint density at radius 3 is 2.58 bits per heavy atom. The van der Waals surface area contributed by atoms with Gasteiger partial charge < -0.3 is 10.1 Å². The Morgan fingerprint density at radius 1 is 1.21 bits per heavy atom. The summed E-state index contributed by atoms with van der Waals surface area (Å²) in [6.45, 7) is 8.62. The molecule has 5 nitrogen and oxygen atoms in total. The number of hydrogen-bond donors (Lipinski definition) is 1. The van der Waals surface area contributed by atoms with E-state index in [1.54, 1.807) is 0 Å². The maximum Gasteiger partial charge on any atom is 0.159 e. The van der Waals surface area contributed by atoms with Crippen LogP contribution >= 0.6 is 0 Å². The van der Waals surface area contributed by atoms with E-state index in [9.17, 15) is 0 Å². The van der Waals surface area contributed by atoms with Gasteiger partial charge in [-0.15, -0.1) is 0 Å². The monoisotopic (exact) mass is 323 g/mol. The van der Waals surface area contributed by atoms with Crippen molar-refractivity contribution in [3.63, 3.8) is 0 Å². The lowest BCUT2D eigenvalue weighted by Crippen LogP contribution is -2.18. The highest BCUT2D eigenvalue weighted by Crippen LogP contribution is 2.15. The first-order chi connectivity index (χ1) is 11.7. The zero-order valence-corrected chi connectivity index (χ0v) is 14.8. The summed E-state index contributed by atoms with van der Waals surface area (Å²) in [6, 6.07) is 10.2. The third kappa shape index (κ3) is 3.79. The first-order valence-corrected chi connectivity index (χ1v) is 8.37. The molecule has 0 atom stereocenters. The van der Waals surface area contributed by atoms with Gasteiger partial charge in [-0.1, -0.05) is 44.2 Å². The number of benzene rings is 1. The molecule has 0 amide bonds. The summed E-state index contributed by atoms with van der Waals surface area (Å²) in [5.74, 6) is 0.465. The minimum Gasteiger partial charge on any atom is -0.382 e. The van der Waals surface area contributed by atoms with Crippen LogP contribution in [0.1, 0.15) is 43.4 Å². The number of aromatic nitrogens is 3. The van der Waals surface area contributed by atoms with Crippen molar-refractivity contribution in [2.75, 3.05) is 6.54 Å². The summed E-state index contributed by atoms with van der Waals surface area (Å²) in [7, 11) is 0. The molecule has 0 spiro atoms.